The largest absolute Gasteiger partial charge is 0.396 e. The standard InChI is InChI=1S/C11H20N4O/c1-11(2,3)9(4-5-16)15-10-13-6-8(12)7-14-10/h6-7,9,16H,4-5,12H2,1-3H3,(H,13,14,15). The summed E-state index contributed by atoms with van der Waals surface area (Å²) in [5, 5.41) is 12.2. The van der Waals surface area contributed by atoms with Crippen molar-refractivity contribution in [2.75, 3.05) is 17.7 Å². The van der Waals surface area contributed by atoms with E-state index in [1.807, 2.05) is 0 Å². The zero-order chi connectivity index (χ0) is 12.2. The summed E-state index contributed by atoms with van der Waals surface area (Å²) in [6.45, 7) is 6.47. The van der Waals surface area contributed by atoms with Crippen molar-refractivity contribution in [1.82, 2.24) is 9.97 Å². The first-order chi connectivity index (χ1) is 7.43. The number of aromatic nitrogens is 2. The first-order valence-electron chi connectivity index (χ1n) is 5.38. The van der Waals surface area contributed by atoms with Crippen molar-refractivity contribution in [3.8, 4) is 0 Å². The molecule has 4 N–H and O–H groups in total. The molecule has 1 aromatic heterocycles. The Morgan fingerprint density at radius 1 is 1.38 bits per heavy atom. The summed E-state index contributed by atoms with van der Waals surface area (Å²) in [5.74, 6) is 0.544. The minimum atomic E-state index is 0.0352. The van der Waals surface area contributed by atoms with Crippen LogP contribution in [-0.4, -0.2) is 27.7 Å². The van der Waals surface area contributed by atoms with Gasteiger partial charge in [-0.05, 0) is 11.8 Å². The van der Waals surface area contributed by atoms with E-state index in [-0.39, 0.29) is 18.1 Å². The van der Waals surface area contributed by atoms with E-state index in [0.717, 1.165) is 0 Å². The zero-order valence-corrected chi connectivity index (χ0v) is 10.1. The van der Waals surface area contributed by atoms with Crippen molar-refractivity contribution in [3.63, 3.8) is 0 Å². The monoisotopic (exact) mass is 224 g/mol. The average molecular weight is 224 g/mol. The number of nitrogen functional groups attached to an aromatic ring is 1. The van der Waals surface area contributed by atoms with Gasteiger partial charge in [0.15, 0.2) is 0 Å². The summed E-state index contributed by atoms with van der Waals surface area (Å²) in [4.78, 5) is 8.17. The summed E-state index contributed by atoms with van der Waals surface area (Å²) in [7, 11) is 0. The van der Waals surface area contributed by atoms with Crippen LogP contribution < -0.4 is 11.1 Å². The van der Waals surface area contributed by atoms with E-state index in [1.54, 1.807) is 12.4 Å². The van der Waals surface area contributed by atoms with E-state index in [9.17, 15) is 0 Å². The molecule has 0 radical (unpaired) electrons. The number of aliphatic hydroxyl groups excluding tert-OH is 1. The van der Waals surface area contributed by atoms with E-state index < -0.39 is 0 Å². The molecule has 0 bridgehead atoms. The maximum atomic E-state index is 9.02. The van der Waals surface area contributed by atoms with Crippen LogP contribution in [0, 0.1) is 5.41 Å². The number of nitrogens with two attached hydrogens (primary N) is 1. The van der Waals surface area contributed by atoms with Gasteiger partial charge in [0.1, 0.15) is 0 Å². The van der Waals surface area contributed by atoms with E-state index in [2.05, 4.69) is 36.1 Å². The summed E-state index contributed by atoms with van der Waals surface area (Å²) < 4.78 is 0. The van der Waals surface area contributed by atoms with Gasteiger partial charge >= 0.3 is 0 Å². The predicted molar refractivity (Wildman–Crippen MR) is 65.0 cm³/mol. The van der Waals surface area contributed by atoms with Gasteiger partial charge in [-0.3, -0.25) is 0 Å². The van der Waals surface area contributed by atoms with Gasteiger partial charge in [0.25, 0.3) is 0 Å². The lowest BCUT2D eigenvalue weighted by Gasteiger charge is -2.31. The molecule has 0 aliphatic heterocycles. The highest BCUT2D eigenvalue weighted by molar-refractivity contribution is 5.36. The lowest BCUT2D eigenvalue weighted by Crippen LogP contribution is -2.35. The summed E-state index contributed by atoms with van der Waals surface area (Å²) in [6, 6.07) is 0.126. The zero-order valence-electron chi connectivity index (χ0n) is 10.1. The normalized spacial score (nSPS) is 13.5. The van der Waals surface area contributed by atoms with Crippen LogP contribution in [0.25, 0.3) is 0 Å². The molecule has 0 amide bonds. The van der Waals surface area contributed by atoms with Crippen LogP contribution in [0.15, 0.2) is 12.4 Å². The molecule has 90 valence electrons. The topological polar surface area (TPSA) is 84.1 Å². The summed E-state index contributed by atoms with van der Waals surface area (Å²) in [5.41, 5.74) is 6.09. The Hall–Kier alpha value is -1.36. The lowest BCUT2D eigenvalue weighted by atomic mass is 9.85. The number of nitrogens with zero attached hydrogens (tertiary/aromatic N) is 2. The van der Waals surface area contributed by atoms with E-state index >= 15 is 0 Å². The first kappa shape index (κ1) is 12.7. The molecule has 1 rings (SSSR count). The molecule has 1 atom stereocenters. The van der Waals surface area contributed by atoms with Gasteiger partial charge in [0.05, 0.1) is 18.1 Å². The molecule has 0 aliphatic carbocycles. The maximum Gasteiger partial charge on any atom is 0.222 e. The Kier molecular flexibility index (Phi) is 4.06. The van der Waals surface area contributed by atoms with Crippen LogP contribution in [0.5, 0.6) is 0 Å². The molecular weight excluding hydrogens is 204 g/mol. The molecule has 1 unspecified atom stereocenters. The van der Waals surface area contributed by atoms with Crippen LogP contribution in [0.1, 0.15) is 27.2 Å². The maximum absolute atomic E-state index is 9.02. The third-order valence-corrected chi connectivity index (χ3v) is 2.44. The van der Waals surface area contributed by atoms with Crippen LogP contribution >= 0.6 is 0 Å². The van der Waals surface area contributed by atoms with Crippen LogP contribution in [0.3, 0.4) is 0 Å². The number of nitrogens with one attached hydrogen (secondary N) is 1. The minimum absolute atomic E-state index is 0.0352. The number of anilines is 2. The van der Waals surface area contributed by atoms with Crippen molar-refractivity contribution < 1.29 is 5.11 Å². The summed E-state index contributed by atoms with van der Waals surface area (Å²) in [6.07, 6.45) is 3.79. The van der Waals surface area contributed by atoms with Crippen LogP contribution in [-0.2, 0) is 0 Å². The third kappa shape index (κ3) is 3.66. The van der Waals surface area contributed by atoms with Gasteiger partial charge in [0.2, 0.25) is 5.95 Å². The molecule has 1 aromatic rings. The third-order valence-electron chi connectivity index (χ3n) is 2.44. The van der Waals surface area contributed by atoms with Crippen molar-refractivity contribution in [2.24, 2.45) is 5.41 Å². The first-order valence-corrected chi connectivity index (χ1v) is 5.38. The fourth-order valence-electron chi connectivity index (χ4n) is 1.42. The van der Waals surface area contributed by atoms with E-state index in [0.29, 0.717) is 18.1 Å². The van der Waals surface area contributed by atoms with Gasteiger partial charge in [-0.25, -0.2) is 9.97 Å². The Morgan fingerprint density at radius 2 is 1.94 bits per heavy atom. The van der Waals surface area contributed by atoms with Crippen molar-refractivity contribution >= 4 is 11.6 Å². The second-order valence-electron chi connectivity index (χ2n) is 4.92. The number of rotatable bonds is 4. The molecule has 0 saturated carbocycles. The molecule has 0 spiro atoms. The molecule has 0 aromatic carbocycles. The molecule has 0 saturated heterocycles. The van der Waals surface area contributed by atoms with Gasteiger partial charge < -0.3 is 16.2 Å². The fraction of sp³-hybridized carbons (Fsp3) is 0.636. The smallest absolute Gasteiger partial charge is 0.222 e. The van der Waals surface area contributed by atoms with Crippen molar-refractivity contribution in [2.45, 2.75) is 33.2 Å². The molecular formula is C11H20N4O. The van der Waals surface area contributed by atoms with Crippen molar-refractivity contribution in [3.05, 3.63) is 12.4 Å². The molecule has 5 nitrogen and oxygen atoms in total. The Morgan fingerprint density at radius 3 is 2.38 bits per heavy atom. The Balaban J connectivity index is 2.72. The second kappa shape index (κ2) is 5.12. The van der Waals surface area contributed by atoms with Crippen LogP contribution in [0.2, 0.25) is 0 Å². The fourth-order valence-corrected chi connectivity index (χ4v) is 1.42. The number of hydrogen-bond donors (Lipinski definition) is 3. The number of aliphatic hydroxyl groups is 1. The molecule has 0 fully saturated rings. The Bertz CT molecular complexity index is 318. The van der Waals surface area contributed by atoms with Gasteiger partial charge in [0, 0.05) is 12.6 Å². The highest BCUT2D eigenvalue weighted by atomic mass is 16.3. The van der Waals surface area contributed by atoms with Crippen molar-refractivity contribution in [1.29, 1.82) is 0 Å². The Labute approximate surface area is 96.1 Å². The SMILES string of the molecule is CC(C)(C)C(CCO)Nc1ncc(N)cn1. The number of hydrogen-bond acceptors (Lipinski definition) is 5. The van der Waals surface area contributed by atoms with Crippen LogP contribution in [0.4, 0.5) is 11.6 Å². The second-order valence-corrected chi connectivity index (χ2v) is 4.92. The average Bonchev–Trinajstić information content (AvgIpc) is 2.19. The van der Waals surface area contributed by atoms with Gasteiger partial charge in [-0.1, -0.05) is 20.8 Å². The van der Waals surface area contributed by atoms with Gasteiger partial charge in [-0.15, -0.1) is 0 Å². The highest BCUT2D eigenvalue weighted by Gasteiger charge is 2.24. The van der Waals surface area contributed by atoms with E-state index in [1.165, 1.54) is 0 Å². The van der Waals surface area contributed by atoms with E-state index in [4.69, 9.17) is 10.8 Å². The predicted octanol–water partition coefficient (Wildman–Crippen LogP) is 1.27. The lowest BCUT2D eigenvalue weighted by molar-refractivity contribution is 0.235. The highest BCUT2D eigenvalue weighted by Crippen LogP contribution is 2.24. The minimum Gasteiger partial charge on any atom is -0.396 e. The quantitative estimate of drug-likeness (QED) is 0.717. The molecule has 5 heteroatoms. The summed E-state index contributed by atoms with van der Waals surface area (Å²) >= 11 is 0. The molecule has 1 heterocycles. The molecule has 16 heavy (non-hydrogen) atoms. The van der Waals surface area contributed by atoms with Gasteiger partial charge in [-0.2, -0.15) is 0 Å². The molecule has 0 aliphatic rings.